The van der Waals surface area contributed by atoms with Crippen LogP contribution in [0.4, 0.5) is 4.39 Å². The quantitative estimate of drug-likeness (QED) is 0.514. The van der Waals surface area contributed by atoms with Crippen LogP contribution in [0.25, 0.3) is 10.4 Å². The van der Waals surface area contributed by atoms with Crippen molar-refractivity contribution >= 4 is 17.3 Å². The molecule has 0 saturated carbocycles. The summed E-state index contributed by atoms with van der Waals surface area (Å²) in [4.78, 5) is 13.5. The second-order valence-corrected chi connectivity index (χ2v) is 5.46. The summed E-state index contributed by atoms with van der Waals surface area (Å²) >= 11 is 1.32. The molecule has 0 unspecified atom stereocenters. The summed E-state index contributed by atoms with van der Waals surface area (Å²) in [5, 5.41) is 0. The van der Waals surface area contributed by atoms with E-state index < -0.39 is 0 Å². The number of carbonyl (C=O) groups is 1. The van der Waals surface area contributed by atoms with Crippen LogP contribution in [-0.2, 0) is 0 Å². The predicted octanol–water partition coefficient (Wildman–Crippen LogP) is 4.77. The number of thiophene rings is 1. The maximum absolute atomic E-state index is 12.9. The fourth-order valence-corrected chi connectivity index (χ4v) is 2.75. The topological polar surface area (TPSA) is 26.3 Å². The fraction of sp³-hybridized carbons (Fsp3) is 0. The molecule has 0 bridgehead atoms. The molecule has 2 aromatic carbocycles. The van der Waals surface area contributed by atoms with Crippen LogP contribution < -0.4 is 4.74 Å². The second-order valence-electron chi connectivity index (χ2n) is 4.37. The van der Waals surface area contributed by atoms with Crippen molar-refractivity contribution in [2.75, 3.05) is 0 Å². The van der Waals surface area contributed by atoms with E-state index in [0.29, 0.717) is 10.6 Å². The minimum atomic E-state index is -0.389. The first-order chi connectivity index (χ1) is 10.2. The van der Waals surface area contributed by atoms with E-state index in [1.165, 1.54) is 23.5 Å². The van der Waals surface area contributed by atoms with Gasteiger partial charge in [0, 0.05) is 4.88 Å². The van der Waals surface area contributed by atoms with Gasteiger partial charge < -0.3 is 4.74 Å². The van der Waals surface area contributed by atoms with E-state index in [-0.39, 0.29) is 11.8 Å². The van der Waals surface area contributed by atoms with Gasteiger partial charge in [-0.15, -0.1) is 11.3 Å². The van der Waals surface area contributed by atoms with Gasteiger partial charge in [-0.25, -0.2) is 9.18 Å². The summed E-state index contributed by atoms with van der Waals surface area (Å²) in [6.07, 6.45) is 0. The Hall–Kier alpha value is -2.46. The van der Waals surface area contributed by atoms with Gasteiger partial charge in [-0.3, -0.25) is 0 Å². The normalized spacial score (nSPS) is 10.3. The van der Waals surface area contributed by atoms with E-state index in [1.807, 2.05) is 12.1 Å². The van der Waals surface area contributed by atoms with Crippen LogP contribution in [-0.4, -0.2) is 5.97 Å². The summed E-state index contributed by atoms with van der Waals surface area (Å²) in [6.45, 7) is 0. The Balaban J connectivity index is 1.78. The summed E-state index contributed by atoms with van der Waals surface area (Å²) in [7, 11) is 0. The van der Waals surface area contributed by atoms with E-state index in [9.17, 15) is 9.18 Å². The second kappa shape index (κ2) is 5.89. The Morgan fingerprint density at radius 3 is 2.33 bits per heavy atom. The van der Waals surface area contributed by atoms with Gasteiger partial charge in [-0.05, 0) is 42.0 Å². The molecular weight excluding hydrogens is 287 g/mol. The average Bonchev–Trinajstić information content (AvgIpc) is 2.99. The van der Waals surface area contributed by atoms with Gasteiger partial charge in [-0.2, -0.15) is 0 Å². The molecular formula is C17H11FO2S. The highest BCUT2D eigenvalue weighted by Crippen LogP contribution is 2.29. The number of ether oxygens (including phenoxy) is 1. The molecule has 0 saturated heterocycles. The van der Waals surface area contributed by atoms with Crippen molar-refractivity contribution < 1.29 is 13.9 Å². The largest absolute Gasteiger partial charge is 0.422 e. The molecule has 1 aromatic heterocycles. The van der Waals surface area contributed by atoms with Crippen LogP contribution in [0.1, 0.15) is 9.67 Å². The first-order valence-corrected chi connectivity index (χ1v) is 7.17. The molecule has 3 aromatic rings. The zero-order chi connectivity index (χ0) is 14.7. The van der Waals surface area contributed by atoms with E-state index in [1.54, 1.807) is 42.5 Å². The molecule has 0 aliphatic rings. The maximum Gasteiger partial charge on any atom is 0.353 e. The third-order valence-electron chi connectivity index (χ3n) is 2.89. The zero-order valence-electron chi connectivity index (χ0n) is 11.0. The lowest BCUT2D eigenvalue weighted by Gasteiger charge is -2.01. The van der Waals surface area contributed by atoms with E-state index in [0.717, 1.165) is 10.4 Å². The van der Waals surface area contributed by atoms with Crippen molar-refractivity contribution in [1.29, 1.82) is 0 Å². The lowest BCUT2D eigenvalue weighted by Crippen LogP contribution is -2.05. The SMILES string of the molecule is O=C(Oc1ccccc1)c1ccc(-c2ccc(F)cc2)s1. The van der Waals surface area contributed by atoms with Gasteiger partial charge >= 0.3 is 5.97 Å². The molecule has 0 radical (unpaired) electrons. The first-order valence-electron chi connectivity index (χ1n) is 6.35. The Kier molecular flexibility index (Phi) is 3.79. The Morgan fingerprint density at radius 2 is 1.62 bits per heavy atom. The zero-order valence-corrected chi connectivity index (χ0v) is 11.8. The molecule has 1 heterocycles. The Bertz CT molecular complexity index is 748. The van der Waals surface area contributed by atoms with Crippen LogP contribution >= 0.6 is 11.3 Å². The molecule has 4 heteroatoms. The van der Waals surface area contributed by atoms with Crippen molar-refractivity contribution in [3.05, 3.63) is 77.4 Å². The fourth-order valence-electron chi connectivity index (χ4n) is 1.86. The molecule has 21 heavy (non-hydrogen) atoms. The molecule has 0 spiro atoms. The molecule has 104 valence electrons. The molecule has 0 aliphatic carbocycles. The monoisotopic (exact) mass is 298 g/mol. The summed E-state index contributed by atoms with van der Waals surface area (Å²) in [6, 6.07) is 18.7. The first kappa shape index (κ1) is 13.5. The maximum atomic E-state index is 12.9. The highest BCUT2D eigenvalue weighted by Gasteiger charge is 2.12. The van der Waals surface area contributed by atoms with Crippen molar-refractivity contribution in [3.63, 3.8) is 0 Å². The van der Waals surface area contributed by atoms with Crippen LogP contribution in [0.2, 0.25) is 0 Å². The van der Waals surface area contributed by atoms with Crippen molar-refractivity contribution in [1.82, 2.24) is 0 Å². The van der Waals surface area contributed by atoms with Crippen molar-refractivity contribution in [2.45, 2.75) is 0 Å². The van der Waals surface area contributed by atoms with Crippen molar-refractivity contribution in [2.24, 2.45) is 0 Å². The molecule has 0 amide bonds. The number of rotatable bonds is 3. The number of hydrogen-bond acceptors (Lipinski definition) is 3. The smallest absolute Gasteiger partial charge is 0.353 e. The Morgan fingerprint density at radius 1 is 0.905 bits per heavy atom. The molecule has 3 rings (SSSR count). The summed E-state index contributed by atoms with van der Waals surface area (Å²) in [5.41, 5.74) is 0.875. The number of halogens is 1. The van der Waals surface area contributed by atoms with Gasteiger partial charge in [0.1, 0.15) is 16.4 Å². The highest BCUT2D eigenvalue weighted by atomic mass is 32.1. The number of esters is 1. The lowest BCUT2D eigenvalue weighted by molar-refractivity contribution is 0.0740. The molecule has 0 N–H and O–H groups in total. The van der Waals surface area contributed by atoms with Crippen LogP contribution in [0.15, 0.2) is 66.7 Å². The van der Waals surface area contributed by atoms with E-state index in [2.05, 4.69) is 0 Å². The lowest BCUT2D eigenvalue weighted by atomic mass is 10.2. The molecule has 2 nitrogen and oxygen atoms in total. The van der Waals surface area contributed by atoms with Gasteiger partial charge in [0.25, 0.3) is 0 Å². The van der Waals surface area contributed by atoms with Gasteiger partial charge in [-0.1, -0.05) is 30.3 Å². The number of para-hydroxylation sites is 1. The van der Waals surface area contributed by atoms with Crippen LogP contribution in [0.5, 0.6) is 5.75 Å². The predicted molar refractivity (Wildman–Crippen MR) is 81.1 cm³/mol. The van der Waals surface area contributed by atoms with Crippen LogP contribution in [0, 0.1) is 5.82 Å². The van der Waals surface area contributed by atoms with Crippen LogP contribution in [0.3, 0.4) is 0 Å². The number of benzene rings is 2. The molecule has 0 atom stereocenters. The van der Waals surface area contributed by atoms with E-state index in [4.69, 9.17) is 4.74 Å². The molecule has 0 fully saturated rings. The third kappa shape index (κ3) is 3.17. The minimum absolute atomic E-state index is 0.279. The highest BCUT2D eigenvalue weighted by molar-refractivity contribution is 7.17. The summed E-state index contributed by atoms with van der Waals surface area (Å²) < 4.78 is 18.2. The van der Waals surface area contributed by atoms with Gasteiger partial charge in [0.05, 0.1) is 0 Å². The van der Waals surface area contributed by atoms with Gasteiger partial charge in [0.2, 0.25) is 0 Å². The molecule has 0 aliphatic heterocycles. The third-order valence-corrected chi connectivity index (χ3v) is 4.00. The van der Waals surface area contributed by atoms with Gasteiger partial charge in [0.15, 0.2) is 0 Å². The standard InChI is InChI=1S/C17H11FO2S/c18-13-8-6-12(7-9-13)15-10-11-16(21-15)17(19)20-14-4-2-1-3-5-14/h1-11H. The number of carbonyl (C=O) groups excluding carboxylic acids is 1. The van der Waals surface area contributed by atoms with E-state index >= 15 is 0 Å². The summed E-state index contributed by atoms with van der Waals surface area (Å²) in [5.74, 6) is -0.155. The average molecular weight is 298 g/mol. The number of hydrogen-bond donors (Lipinski definition) is 0. The Labute approximate surface area is 125 Å². The van der Waals surface area contributed by atoms with Crippen molar-refractivity contribution in [3.8, 4) is 16.2 Å². The minimum Gasteiger partial charge on any atom is -0.422 e.